The van der Waals surface area contributed by atoms with Crippen molar-refractivity contribution in [2.24, 2.45) is 0 Å². The fourth-order valence-corrected chi connectivity index (χ4v) is 2.76. The summed E-state index contributed by atoms with van der Waals surface area (Å²) in [5.74, 6) is 0.433. The first kappa shape index (κ1) is 17.2. The lowest BCUT2D eigenvalue weighted by Crippen LogP contribution is -2.48. The predicted octanol–water partition coefficient (Wildman–Crippen LogP) is 1.96. The molecule has 0 saturated carbocycles. The van der Waals surface area contributed by atoms with Crippen LogP contribution in [0.1, 0.15) is 26.2 Å². The summed E-state index contributed by atoms with van der Waals surface area (Å²) in [5.41, 5.74) is 0.00555. The number of hydrogen-bond donors (Lipinski definition) is 1. The molecule has 0 aliphatic carbocycles. The fraction of sp³-hybridized carbons (Fsp3) is 0.562. The molecule has 0 spiro atoms. The van der Waals surface area contributed by atoms with E-state index in [2.05, 4.69) is 12.2 Å². The summed E-state index contributed by atoms with van der Waals surface area (Å²) in [6.07, 6.45) is 2.83. The zero-order valence-corrected chi connectivity index (χ0v) is 13.4. The molecule has 0 bridgehead atoms. The van der Waals surface area contributed by atoms with E-state index in [0.29, 0.717) is 5.75 Å². The molecule has 1 saturated heterocycles. The van der Waals surface area contributed by atoms with Gasteiger partial charge in [0.2, 0.25) is 0 Å². The number of benzene rings is 1. The molecule has 7 heteroatoms. The number of piperidine rings is 1. The van der Waals surface area contributed by atoms with E-state index in [1.807, 2.05) is 4.90 Å². The maximum atomic E-state index is 12.5. The lowest BCUT2D eigenvalue weighted by Gasteiger charge is -2.34. The van der Waals surface area contributed by atoms with Crippen molar-refractivity contribution in [3.8, 4) is 5.75 Å². The molecule has 1 aliphatic heterocycles. The fourth-order valence-electron chi connectivity index (χ4n) is 2.76. The summed E-state index contributed by atoms with van der Waals surface area (Å²) >= 11 is 0. The van der Waals surface area contributed by atoms with Gasteiger partial charge in [0.1, 0.15) is 5.75 Å². The second-order valence-corrected chi connectivity index (χ2v) is 5.61. The SMILES string of the molecule is CCCN(C(=O)COc1ccc([N+](=O)[O-])cc1)C1CCNCC1. The Labute approximate surface area is 135 Å². The van der Waals surface area contributed by atoms with E-state index in [0.717, 1.165) is 38.9 Å². The molecule has 1 aliphatic rings. The Morgan fingerprint density at radius 1 is 1.35 bits per heavy atom. The smallest absolute Gasteiger partial charge is 0.269 e. The highest BCUT2D eigenvalue weighted by molar-refractivity contribution is 5.78. The Morgan fingerprint density at radius 2 is 2.00 bits per heavy atom. The Morgan fingerprint density at radius 3 is 2.57 bits per heavy atom. The Kier molecular flexibility index (Phi) is 6.34. The van der Waals surface area contributed by atoms with Crippen molar-refractivity contribution in [1.29, 1.82) is 0 Å². The molecule has 1 amide bonds. The van der Waals surface area contributed by atoms with Crippen LogP contribution in [0.15, 0.2) is 24.3 Å². The van der Waals surface area contributed by atoms with Gasteiger partial charge in [-0.25, -0.2) is 0 Å². The van der Waals surface area contributed by atoms with E-state index in [9.17, 15) is 14.9 Å². The molecule has 0 unspecified atom stereocenters. The van der Waals surface area contributed by atoms with E-state index in [1.54, 1.807) is 0 Å². The molecule has 23 heavy (non-hydrogen) atoms. The number of nitrogens with one attached hydrogen (secondary N) is 1. The Balaban J connectivity index is 1.91. The number of nitrogens with zero attached hydrogens (tertiary/aromatic N) is 2. The number of carbonyl (C=O) groups is 1. The standard InChI is InChI=1S/C16H23N3O4/c1-2-11-18(13-7-9-17-10-8-13)16(20)12-23-15-5-3-14(4-6-15)19(21)22/h3-6,13,17H,2,7-12H2,1H3. The number of hydrogen-bond acceptors (Lipinski definition) is 5. The minimum atomic E-state index is -0.463. The van der Waals surface area contributed by atoms with Gasteiger partial charge in [-0.15, -0.1) is 0 Å². The number of nitro groups is 1. The summed E-state index contributed by atoms with van der Waals surface area (Å²) in [6.45, 7) is 4.61. The molecule has 1 aromatic rings. The maximum absolute atomic E-state index is 12.5. The molecule has 7 nitrogen and oxygen atoms in total. The molecule has 1 N–H and O–H groups in total. The van der Waals surface area contributed by atoms with Crippen LogP contribution < -0.4 is 10.1 Å². The van der Waals surface area contributed by atoms with Gasteiger partial charge in [0.25, 0.3) is 11.6 Å². The van der Waals surface area contributed by atoms with Gasteiger partial charge in [-0.1, -0.05) is 6.92 Å². The minimum absolute atomic E-state index is 0.00555. The van der Waals surface area contributed by atoms with Gasteiger partial charge in [0.15, 0.2) is 6.61 Å². The summed E-state index contributed by atoms with van der Waals surface area (Å²) < 4.78 is 5.49. The largest absolute Gasteiger partial charge is 0.484 e. The zero-order chi connectivity index (χ0) is 16.7. The lowest BCUT2D eigenvalue weighted by molar-refractivity contribution is -0.384. The van der Waals surface area contributed by atoms with Crippen LogP contribution >= 0.6 is 0 Å². The van der Waals surface area contributed by atoms with Gasteiger partial charge >= 0.3 is 0 Å². The predicted molar refractivity (Wildman–Crippen MR) is 86.5 cm³/mol. The highest BCUT2D eigenvalue weighted by Crippen LogP contribution is 2.18. The first-order chi connectivity index (χ1) is 11.1. The molecule has 1 heterocycles. The van der Waals surface area contributed by atoms with Crippen LogP contribution in [0.25, 0.3) is 0 Å². The van der Waals surface area contributed by atoms with Crippen molar-refractivity contribution in [2.45, 2.75) is 32.2 Å². The van der Waals surface area contributed by atoms with E-state index in [1.165, 1.54) is 24.3 Å². The summed E-state index contributed by atoms with van der Waals surface area (Å²) in [5, 5.41) is 13.9. The third kappa shape index (κ3) is 4.92. The average molecular weight is 321 g/mol. The van der Waals surface area contributed by atoms with Crippen LogP contribution in [-0.4, -0.2) is 48.0 Å². The van der Waals surface area contributed by atoms with Gasteiger partial charge in [-0.05, 0) is 44.5 Å². The number of carbonyl (C=O) groups excluding carboxylic acids is 1. The van der Waals surface area contributed by atoms with Crippen LogP contribution in [0.3, 0.4) is 0 Å². The topological polar surface area (TPSA) is 84.7 Å². The quantitative estimate of drug-likeness (QED) is 0.613. The number of nitro benzene ring substituents is 1. The van der Waals surface area contributed by atoms with Crippen molar-refractivity contribution in [3.05, 3.63) is 34.4 Å². The molecule has 1 fully saturated rings. The summed E-state index contributed by atoms with van der Waals surface area (Å²) in [4.78, 5) is 24.5. The highest BCUT2D eigenvalue weighted by Gasteiger charge is 2.24. The molecule has 0 atom stereocenters. The third-order valence-corrected chi connectivity index (χ3v) is 3.94. The van der Waals surface area contributed by atoms with Crippen molar-refractivity contribution < 1.29 is 14.5 Å². The van der Waals surface area contributed by atoms with Crippen molar-refractivity contribution in [2.75, 3.05) is 26.2 Å². The van der Waals surface area contributed by atoms with Gasteiger partial charge in [0, 0.05) is 24.7 Å². The van der Waals surface area contributed by atoms with E-state index in [-0.39, 0.29) is 24.2 Å². The first-order valence-electron chi connectivity index (χ1n) is 7.99. The Hall–Kier alpha value is -2.15. The van der Waals surface area contributed by atoms with Crippen molar-refractivity contribution in [3.63, 3.8) is 0 Å². The Bertz CT molecular complexity index is 527. The van der Waals surface area contributed by atoms with Gasteiger partial charge in [0.05, 0.1) is 4.92 Å². The van der Waals surface area contributed by atoms with Crippen molar-refractivity contribution in [1.82, 2.24) is 10.2 Å². The lowest BCUT2D eigenvalue weighted by atomic mass is 10.0. The van der Waals surface area contributed by atoms with Crippen LogP contribution in [0.4, 0.5) is 5.69 Å². The molecule has 1 aromatic carbocycles. The average Bonchev–Trinajstić information content (AvgIpc) is 2.58. The van der Waals surface area contributed by atoms with Gasteiger partial charge < -0.3 is 15.0 Å². The van der Waals surface area contributed by atoms with E-state index >= 15 is 0 Å². The highest BCUT2D eigenvalue weighted by atomic mass is 16.6. The van der Waals surface area contributed by atoms with Crippen LogP contribution in [0.2, 0.25) is 0 Å². The second-order valence-electron chi connectivity index (χ2n) is 5.61. The number of amides is 1. The van der Waals surface area contributed by atoms with Gasteiger partial charge in [-0.3, -0.25) is 14.9 Å². The van der Waals surface area contributed by atoms with Gasteiger partial charge in [-0.2, -0.15) is 0 Å². The normalized spacial score (nSPS) is 15.2. The summed E-state index contributed by atoms with van der Waals surface area (Å²) in [6, 6.07) is 6.04. The summed E-state index contributed by atoms with van der Waals surface area (Å²) in [7, 11) is 0. The zero-order valence-electron chi connectivity index (χ0n) is 13.4. The monoisotopic (exact) mass is 321 g/mol. The second kappa shape index (κ2) is 8.47. The van der Waals surface area contributed by atoms with E-state index in [4.69, 9.17) is 4.74 Å². The van der Waals surface area contributed by atoms with Crippen LogP contribution in [0, 0.1) is 10.1 Å². The van der Waals surface area contributed by atoms with Crippen LogP contribution in [-0.2, 0) is 4.79 Å². The van der Waals surface area contributed by atoms with Crippen molar-refractivity contribution >= 4 is 11.6 Å². The van der Waals surface area contributed by atoms with Crippen LogP contribution in [0.5, 0.6) is 5.75 Å². The molecular formula is C16H23N3O4. The minimum Gasteiger partial charge on any atom is -0.484 e. The first-order valence-corrected chi connectivity index (χ1v) is 7.99. The molecule has 126 valence electrons. The number of non-ortho nitro benzene ring substituents is 1. The molecular weight excluding hydrogens is 298 g/mol. The molecule has 0 radical (unpaired) electrons. The molecule has 2 rings (SSSR count). The third-order valence-electron chi connectivity index (χ3n) is 3.94. The number of rotatable bonds is 7. The van der Waals surface area contributed by atoms with E-state index < -0.39 is 4.92 Å². The molecule has 0 aromatic heterocycles. The number of ether oxygens (including phenoxy) is 1. The maximum Gasteiger partial charge on any atom is 0.269 e.